The first-order valence-electron chi connectivity index (χ1n) is 4.63. The largest absolute Gasteiger partial charge is 0.103 e. The van der Waals surface area contributed by atoms with Crippen molar-refractivity contribution in [2.45, 2.75) is 20.3 Å². The van der Waals surface area contributed by atoms with Gasteiger partial charge in [0.1, 0.15) is 0 Å². The van der Waals surface area contributed by atoms with Crippen molar-refractivity contribution in [2.75, 3.05) is 0 Å². The van der Waals surface area contributed by atoms with Crippen LogP contribution in [0, 0.1) is 0 Å². The summed E-state index contributed by atoms with van der Waals surface area (Å²) in [6.07, 6.45) is 7.16. The first-order chi connectivity index (χ1) is 6.35. The van der Waals surface area contributed by atoms with Crippen molar-refractivity contribution in [3.63, 3.8) is 0 Å². The number of hydrogen-bond donors (Lipinski definition) is 0. The van der Waals surface area contributed by atoms with Gasteiger partial charge in [-0.1, -0.05) is 55.5 Å². The fourth-order valence-electron chi connectivity index (χ4n) is 0.818. The summed E-state index contributed by atoms with van der Waals surface area (Å²) in [6, 6.07) is 10.3. The third-order valence-corrected chi connectivity index (χ3v) is 1.35. The van der Waals surface area contributed by atoms with Crippen LogP contribution in [0.2, 0.25) is 0 Å². The van der Waals surface area contributed by atoms with E-state index in [1.54, 1.807) is 6.08 Å². The maximum Gasteiger partial charge on any atom is -0.0260 e. The fourth-order valence-corrected chi connectivity index (χ4v) is 0.818. The lowest BCUT2D eigenvalue weighted by molar-refractivity contribution is 1.23. The van der Waals surface area contributed by atoms with Gasteiger partial charge in [-0.25, -0.2) is 0 Å². The summed E-state index contributed by atoms with van der Waals surface area (Å²) in [4.78, 5) is 0. The Kier molecular flexibility index (Phi) is 7.91. The monoisotopic (exact) mass is 174 g/mol. The van der Waals surface area contributed by atoms with E-state index in [1.807, 2.05) is 13.0 Å². The quantitative estimate of drug-likeness (QED) is 0.586. The molecule has 1 rings (SSSR count). The van der Waals surface area contributed by atoms with E-state index in [9.17, 15) is 0 Å². The Morgan fingerprint density at radius 2 is 1.77 bits per heavy atom. The molecular formula is C13H18. The second kappa shape index (κ2) is 8.79. The smallest absolute Gasteiger partial charge is 0.0260 e. The third-order valence-electron chi connectivity index (χ3n) is 1.35. The first kappa shape index (κ1) is 11.7. The van der Waals surface area contributed by atoms with Crippen molar-refractivity contribution in [3.05, 3.63) is 54.6 Å². The molecule has 1 aromatic rings. The van der Waals surface area contributed by atoms with Gasteiger partial charge >= 0.3 is 0 Å². The van der Waals surface area contributed by atoms with E-state index < -0.39 is 0 Å². The summed E-state index contributed by atoms with van der Waals surface area (Å²) in [6.45, 7) is 7.39. The van der Waals surface area contributed by atoms with E-state index in [0.717, 1.165) is 6.42 Å². The molecule has 0 amide bonds. The van der Waals surface area contributed by atoms with Crippen LogP contribution in [0.15, 0.2) is 49.1 Å². The molecule has 0 aromatic heterocycles. The molecule has 0 bridgehead atoms. The molecule has 0 unspecified atom stereocenters. The van der Waals surface area contributed by atoms with Crippen LogP contribution in [0.1, 0.15) is 25.8 Å². The SMILES string of the molecule is C=CC.CC/C=C\c1ccccc1. The lowest BCUT2D eigenvalue weighted by atomic mass is 10.2. The number of benzene rings is 1. The average Bonchev–Trinajstić information content (AvgIpc) is 2.18. The normalized spacial score (nSPS) is 9.08. The van der Waals surface area contributed by atoms with Crippen LogP contribution in [0.4, 0.5) is 0 Å². The third kappa shape index (κ3) is 7.07. The highest BCUT2D eigenvalue weighted by atomic mass is 13.8. The van der Waals surface area contributed by atoms with Crippen LogP contribution in [0.5, 0.6) is 0 Å². The molecule has 0 heteroatoms. The molecule has 0 atom stereocenters. The van der Waals surface area contributed by atoms with Gasteiger partial charge in [0.05, 0.1) is 0 Å². The zero-order valence-corrected chi connectivity index (χ0v) is 8.53. The summed E-state index contributed by atoms with van der Waals surface area (Å²) >= 11 is 0. The predicted molar refractivity (Wildman–Crippen MR) is 61.6 cm³/mol. The van der Waals surface area contributed by atoms with Gasteiger partial charge in [-0.15, -0.1) is 6.58 Å². The lowest BCUT2D eigenvalue weighted by Crippen LogP contribution is -1.66. The Bertz CT molecular complexity index is 231. The highest BCUT2D eigenvalue weighted by Gasteiger charge is 1.78. The molecule has 0 heterocycles. The van der Waals surface area contributed by atoms with Crippen LogP contribution >= 0.6 is 0 Å². The summed E-state index contributed by atoms with van der Waals surface area (Å²) in [5.41, 5.74) is 1.28. The van der Waals surface area contributed by atoms with Gasteiger partial charge in [-0.3, -0.25) is 0 Å². The number of rotatable bonds is 2. The molecule has 0 aliphatic rings. The maximum absolute atomic E-state index is 3.36. The van der Waals surface area contributed by atoms with Gasteiger partial charge in [-0.2, -0.15) is 0 Å². The van der Waals surface area contributed by atoms with Crippen molar-refractivity contribution < 1.29 is 0 Å². The molecule has 0 saturated heterocycles. The number of allylic oxidation sites excluding steroid dienone is 2. The van der Waals surface area contributed by atoms with Gasteiger partial charge in [0.25, 0.3) is 0 Å². The molecule has 0 saturated carbocycles. The molecule has 0 aliphatic heterocycles. The standard InChI is InChI=1S/C10H12.C3H6/c1-2-3-7-10-8-5-4-6-9-10;1-3-2/h3-9H,2H2,1H3;3H,1H2,2H3/b7-3-;. The minimum absolute atomic E-state index is 1.11. The van der Waals surface area contributed by atoms with Crippen molar-refractivity contribution in [1.82, 2.24) is 0 Å². The topological polar surface area (TPSA) is 0 Å². The molecule has 0 aliphatic carbocycles. The Hall–Kier alpha value is -1.30. The van der Waals surface area contributed by atoms with Gasteiger partial charge in [0.2, 0.25) is 0 Å². The summed E-state index contributed by atoms with van der Waals surface area (Å²) in [7, 11) is 0. The summed E-state index contributed by atoms with van der Waals surface area (Å²) < 4.78 is 0. The van der Waals surface area contributed by atoms with Gasteiger partial charge in [-0.05, 0) is 18.9 Å². The fraction of sp³-hybridized carbons (Fsp3) is 0.231. The Balaban J connectivity index is 0.000000424. The van der Waals surface area contributed by atoms with E-state index in [1.165, 1.54) is 5.56 Å². The predicted octanol–water partition coefficient (Wildman–Crippen LogP) is 4.30. The average molecular weight is 174 g/mol. The van der Waals surface area contributed by atoms with E-state index in [-0.39, 0.29) is 0 Å². The minimum Gasteiger partial charge on any atom is -0.103 e. The highest BCUT2D eigenvalue weighted by molar-refractivity contribution is 5.48. The highest BCUT2D eigenvalue weighted by Crippen LogP contribution is 2.00. The van der Waals surface area contributed by atoms with Crippen LogP contribution in [-0.4, -0.2) is 0 Å². The Morgan fingerprint density at radius 3 is 2.23 bits per heavy atom. The summed E-state index contributed by atoms with van der Waals surface area (Å²) in [5, 5.41) is 0. The summed E-state index contributed by atoms with van der Waals surface area (Å²) in [5.74, 6) is 0. The maximum atomic E-state index is 3.36. The van der Waals surface area contributed by atoms with E-state index in [2.05, 4.69) is 49.9 Å². The second-order valence-electron chi connectivity index (χ2n) is 2.63. The van der Waals surface area contributed by atoms with Gasteiger partial charge in [0.15, 0.2) is 0 Å². The first-order valence-corrected chi connectivity index (χ1v) is 4.63. The lowest BCUT2D eigenvalue weighted by Gasteiger charge is -1.88. The molecular weight excluding hydrogens is 156 g/mol. The molecule has 0 N–H and O–H groups in total. The molecule has 13 heavy (non-hydrogen) atoms. The molecule has 0 spiro atoms. The number of hydrogen-bond acceptors (Lipinski definition) is 0. The van der Waals surface area contributed by atoms with Crippen LogP contribution < -0.4 is 0 Å². The van der Waals surface area contributed by atoms with Crippen LogP contribution in [0.25, 0.3) is 6.08 Å². The second-order valence-corrected chi connectivity index (χ2v) is 2.63. The van der Waals surface area contributed by atoms with Gasteiger partial charge in [0, 0.05) is 0 Å². The van der Waals surface area contributed by atoms with Crippen molar-refractivity contribution in [2.24, 2.45) is 0 Å². The zero-order valence-electron chi connectivity index (χ0n) is 8.53. The van der Waals surface area contributed by atoms with Gasteiger partial charge < -0.3 is 0 Å². The molecule has 0 radical (unpaired) electrons. The van der Waals surface area contributed by atoms with Crippen LogP contribution in [-0.2, 0) is 0 Å². The Morgan fingerprint density at radius 1 is 1.23 bits per heavy atom. The van der Waals surface area contributed by atoms with E-state index in [4.69, 9.17) is 0 Å². The van der Waals surface area contributed by atoms with Crippen molar-refractivity contribution in [1.29, 1.82) is 0 Å². The molecule has 1 aromatic carbocycles. The minimum atomic E-state index is 1.11. The van der Waals surface area contributed by atoms with Crippen molar-refractivity contribution in [3.8, 4) is 0 Å². The van der Waals surface area contributed by atoms with Crippen molar-refractivity contribution >= 4 is 6.08 Å². The van der Waals surface area contributed by atoms with Crippen LogP contribution in [0.3, 0.4) is 0 Å². The molecule has 70 valence electrons. The molecule has 0 nitrogen and oxygen atoms in total. The van der Waals surface area contributed by atoms with E-state index in [0.29, 0.717) is 0 Å². The van der Waals surface area contributed by atoms with E-state index >= 15 is 0 Å². The Labute approximate surface area is 81.6 Å². The molecule has 0 fully saturated rings. The zero-order chi connectivity index (χ0) is 9.94.